The largest absolute Gasteiger partial charge is 0.448 e. The number of rotatable bonds is 9. The Morgan fingerprint density at radius 2 is 1.46 bits per heavy atom. The highest BCUT2D eigenvalue weighted by Gasteiger charge is 2.46. The van der Waals surface area contributed by atoms with Crippen LogP contribution in [0, 0.1) is 0 Å². The van der Waals surface area contributed by atoms with Crippen LogP contribution >= 0.6 is 0 Å². The predicted molar refractivity (Wildman–Crippen MR) is 107 cm³/mol. The standard InChI is InChI=1S/C23H31NO2/c1-5-6-9-18-22(24(3)4)23(26-19(2)25,20-14-10-7-11-15-20)21-16-12-8-13-17-21/h7-8,10-17,22H,5-6,9,18H2,1-4H3. The lowest BCUT2D eigenvalue weighted by Crippen LogP contribution is -2.51. The molecule has 0 aromatic heterocycles. The number of unbranched alkanes of at least 4 members (excludes halogenated alkanes) is 2. The summed E-state index contributed by atoms with van der Waals surface area (Å²) in [4.78, 5) is 14.4. The van der Waals surface area contributed by atoms with Gasteiger partial charge < -0.3 is 9.64 Å². The lowest BCUT2D eigenvalue weighted by molar-refractivity contribution is -0.160. The molecule has 0 fully saturated rings. The number of hydrogen-bond acceptors (Lipinski definition) is 3. The van der Waals surface area contributed by atoms with E-state index in [1.807, 2.05) is 36.4 Å². The Kier molecular flexibility index (Phi) is 7.40. The van der Waals surface area contributed by atoms with Crippen LogP contribution < -0.4 is 0 Å². The van der Waals surface area contributed by atoms with Crippen LogP contribution in [0.5, 0.6) is 0 Å². The van der Waals surface area contributed by atoms with Gasteiger partial charge in [-0.2, -0.15) is 0 Å². The normalized spacial score (nSPS) is 12.8. The fraction of sp³-hybridized carbons (Fsp3) is 0.435. The molecule has 0 aliphatic rings. The number of carbonyl (C=O) groups excluding carboxylic acids is 1. The molecule has 2 aromatic rings. The van der Waals surface area contributed by atoms with Crippen LogP contribution in [0.4, 0.5) is 0 Å². The van der Waals surface area contributed by atoms with Gasteiger partial charge in [0.25, 0.3) is 0 Å². The van der Waals surface area contributed by atoms with E-state index in [2.05, 4.69) is 50.2 Å². The van der Waals surface area contributed by atoms with Gasteiger partial charge in [-0.25, -0.2) is 0 Å². The molecule has 0 N–H and O–H groups in total. The maximum Gasteiger partial charge on any atom is 0.303 e. The van der Waals surface area contributed by atoms with E-state index < -0.39 is 5.60 Å². The highest BCUT2D eigenvalue weighted by molar-refractivity contribution is 5.68. The number of nitrogens with zero attached hydrogens (tertiary/aromatic N) is 1. The van der Waals surface area contributed by atoms with Gasteiger partial charge in [0.05, 0.1) is 6.04 Å². The summed E-state index contributed by atoms with van der Waals surface area (Å²) >= 11 is 0. The van der Waals surface area contributed by atoms with E-state index in [1.54, 1.807) is 0 Å². The lowest BCUT2D eigenvalue weighted by atomic mass is 9.77. The van der Waals surface area contributed by atoms with Gasteiger partial charge in [0.2, 0.25) is 0 Å². The SMILES string of the molecule is CCCCCC(N(C)C)C(OC(C)=O)(c1ccccc1)c1ccccc1. The Morgan fingerprint density at radius 3 is 1.85 bits per heavy atom. The Labute approximate surface area is 158 Å². The van der Waals surface area contributed by atoms with Crippen molar-refractivity contribution in [1.82, 2.24) is 4.90 Å². The molecular formula is C23H31NO2. The molecule has 0 aliphatic heterocycles. The summed E-state index contributed by atoms with van der Waals surface area (Å²) in [7, 11) is 4.14. The summed E-state index contributed by atoms with van der Waals surface area (Å²) in [6.45, 7) is 3.71. The zero-order valence-electron chi connectivity index (χ0n) is 16.4. The predicted octanol–water partition coefficient (Wildman–Crippen LogP) is 5.00. The molecule has 2 rings (SSSR count). The molecule has 0 saturated heterocycles. The van der Waals surface area contributed by atoms with Gasteiger partial charge in [0, 0.05) is 18.1 Å². The number of ether oxygens (including phenoxy) is 1. The first-order valence-electron chi connectivity index (χ1n) is 9.49. The summed E-state index contributed by atoms with van der Waals surface area (Å²) < 4.78 is 6.18. The smallest absolute Gasteiger partial charge is 0.303 e. The van der Waals surface area contributed by atoms with Crippen LogP contribution in [0.15, 0.2) is 60.7 Å². The van der Waals surface area contributed by atoms with Crippen LogP contribution in [0.3, 0.4) is 0 Å². The van der Waals surface area contributed by atoms with Crippen molar-refractivity contribution in [3.05, 3.63) is 71.8 Å². The van der Waals surface area contributed by atoms with E-state index >= 15 is 0 Å². The maximum atomic E-state index is 12.2. The molecule has 1 atom stereocenters. The Hall–Kier alpha value is -2.13. The summed E-state index contributed by atoms with van der Waals surface area (Å²) in [6, 6.07) is 20.3. The number of carbonyl (C=O) groups is 1. The number of esters is 1. The minimum atomic E-state index is -0.828. The molecule has 3 nitrogen and oxygen atoms in total. The van der Waals surface area contributed by atoms with Crippen molar-refractivity contribution in [3.63, 3.8) is 0 Å². The Bertz CT molecular complexity index is 628. The average molecular weight is 354 g/mol. The summed E-state index contributed by atoms with van der Waals surface area (Å²) in [5.41, 5.74) is 1.19. The van der Waals surface area contributed by atoms with Crippen LogP contribution in [0.2, 0.25) is 0 Å². The first-order valence-corrected chi connectivity index (χ1v) is 9.49. The highest BCUT2D eigenvalue weighted by atomic mass is 16.6. The van der Waals surface area contributed by atoms with Crippen LogP contribution in [-0.4, -0.2) is 31.0 Å². The van der Waals surface area contributed by atoms with E-state index in [0.29, 0.717) is 0 Å². The molecule has 0 amide bonds. The van der Waals surface area contributed by atoms with Gasteiger partial charge in [0.1, 0.15) is 0 Å². The van der Waals surface area contributed by atoms with Crippen molar-refractivity contribution < 1.29 is 9.53 Å². The maximum absolute atomic E-state index is 12.2. The number of benzene rings is 2. The zero-order chi connectivity index (χ0) is 19.0. The molecule has 140 valence electrons. The lowest BCUT2D eigenvalue weighted by Gasteiger charge is -2.44. The minimum absolute atomic E-state index is 0.0442. The van der Waals surface area contributed by atoms with Gasteiger partial charge in [-0.1, -0.05) is 86.8 Å². The van der Waals surface area contributed by atoms with Crippen molar-refractivity contribution in [1.29, 1.82) is 0 Å². The van der Waals surface area contributed by atoms with Crippen molar-refractivity contribution in [2.75, 3.05) is 14.1 Å². The molecule has 26 heavy (non-hydrogen) atoms. The number of hydrogen-bond donors (Lipinski definition) is 0. The van der Waals surface area contributed by atoms with E-state index in [0.717, 1.165) is 30.4 Å². The molecule has 3 heteroatoms. The third-order valence-corrected chi connectivity index (χ3v) is 4.88. The van der Waals surface area contributed by atoms with Crippen molar-refractivity contribution in [2.24, 2.45) is 0 Å². The van der Waals surface area contributed by atoms with Gasteiger partial charge >= 0.3 is 5.97 Å². The van der Waals surface area contributed by atoms with Crippen molar-refractivity contribution in [3.8, 4) is 0 Å². The third-order valence-electron chi connectivity index (χ3n) is 4.88. The topological polar surface area (TPSA) is 29.5 Å². The third kappa shape index (κ3) is 4.53. The molecule has 0 aliphatic carbocycles. The summed E-state index contributed by atoms with van der Waals surface area (Å²) in [5.74, 6) is -0.264. The molecule has 0 radical (unpaired) electrons. The minimum Gasteiger partial charge on any atom is -0.448 e. The fourth-order valence-electron chi connectivity index (χ4n) is 3.75. The Morgan fingerprint density at radius 1 is 0.962 bits per heavy atom. The van der Waals surface area contributed by atoms with E-state index in [1.165, 1.54) is 13.3 Å². The monoisotopic (exact) mass is 353 g/mol. The zero-order valence-corrected chi connectivity index (χ0v) is 16.4. The van der Waals surface area contributed by atoms with Crippen molar-refractivity contribution >= 4 is 5.97 Å². The van der Waals surface area contributed by atoms with Gasteiger partial charge in [-0.3, -0.25) is 4.79 Å². The molecule has 1 unspecified atom stereocenters. The second kappa shape index (κ2) is 9.54. The Balaban J connectivity index is 2.66. The van der Waals surface area contributed by atoms with Crippen LogP contribution in [0.1, 0.15) is 50.7 Å². The summed E-state index contributed by atoms with van der Waals surface area (Å²) in [5, 5.41) is 0. The van der Waals surface area contributed by atoms with E-state index in [-0.39, 0.29) is 12.0 Å². The fourth-order valence-corrected chi connectivity index (χ4v) is 3.75. The van der Waals surface area contributed by atoms with Gasteiger partial charge in [-0.15, -0.1) is 0 Å². The highest BCUT2D eigenvalue weighted by Crippen LogP contribution is 2.41. The first kappa shape index (κ1) is 20.2. The first-order chi connectivity index (χ1) is 12.5. The summed E-state index contributed by atoms with van der Waals surface area (Å²) in [6.07, 6.45) is 4.39. The second-order valence-corrected chi connectivity index (χ2v) is 7.04. The average Bonchev–Trinajstić information content (AvgIpc) is 2.64. The quantitative estimate of drug-likeness (QED) is 0.469. The van der Waals surface area contributed by atoms with E-state index in [4.69, 9.17) is 4.74 Å². The van der Waals surface area contributed by atoms with Crippen molar-refractivity contribution in [2.45, 2.75) is 51.2 Å². The number of likely N-dealkylation sites (N-methyl/N-ethyl adjacent to an activating group) is 1. The van der Waals surface area contributed by atoms with Crippen LogP contribution in [0.25, 0.3) is 0 Å². The molecule has 2 aromatic carbocycles. The molecule has 0 saturated carbocycles. The van der Waals surface area contributed by atoms with E-state index in [9.17, 15) is 4.79 Å². The van der Waals surface area contributed by atoms with Crippen LogP contribution in [-0.2, 0) is 15.1 Å². The van der Waals surface area contributed by atoms with Gasteiger partial charge in [-0.05, 0) is 20.5 Å². The molecular weight excluding hydrogens is 322 g/mol. The second-order valence-electron chi connectivity index (χ2n) is 7.04. The molecule has 0 spiro atoms. The molecule has 0 bridgehead atoms. The molecule has 0 heterocycles. The van der Waals surface area contributed by atoms with Gasteiger partial charge in [0.15, 0.2) is 5.60 Å².